The van der Waals surface area contributed by atoms with E-state index in [-0.39, 0.29) is 5.56 Å². The van der Waals surface area contributed by atoms with Gasteiger partial charge in [0, 0.05) is 5.69 Å². The van der Waals surface area contributed by atoms with E-state index in [9.17, 15) is 13.2 Å². The lowest BCUT2D eigenvalue weighted by molar-refractivity contribution is -0.143. The van der Waals surface area contributed by atoms with Crippen LogP contribution in [0.1, 0.15) is 11.6 Å². The SMILES string of the molecule is FC(F)(F)C(Nc1ccccc1)c1cccc2ccccc12. The highest BCUT2D eigenvalue weighted by Crippen LogP contribution is 2.38. The quantitative estimate of drug-likeness (QED) is 0.668. The zero-order valence-corrected chi connectivity index (χ0v) is 11.6. The monoisotopic (exact) mass is 301 g/mol. The predicted molar refractivity (Wildman–Crippen MR) is 82.8 cm³/mol. The van der Waals surface area contributed by atoms with Gasteiger partial charge in [-0.05, 0) is 28.5 Å². The van der Waals surface area contributed by atoms with Gasteiger partial charge in [0.05, 0.1) is 0 Å². The van der Waals surface area contributed by atoms with Crippen molar-refractivity contribution in [2.75, 3.05) is 5.32 Å². The Bertz CT molecular complexity index is 761. The average molecular weight is 301 g/mol. The number of alkyl halides is 3. The van der Waals surface area contributed by atoms with E-state index in [0.717, 1.165) is 5.39 Å². The first-order valence-electron chi connectivity index (χ1n) is 6.92. The van der Waals surface area contributed by atoms with Gasteiger partial charge in [-0.1, -0.05) is 60.7 Å². The van der Waals surface area contributed by atoms with Gasteiger partial charge in [-0.15, -0.1) is 0 Å². The summed E-state index contributed by atoms with van der Waals surface area (Å²) in [5.41, 5.74) is 0.673. The van der Waals surface area contributed by atoms with Crippen LogP contribution in [0.5, 0.6) is 0 Å². The van der Waals surface area contributed by atoms with Gasteiger partial charge in [0.1, 0.15) is 6.04 Å². The summed E-state index contributed by atoms with van der Waals surface area (Å²) in [5, 5.41) is 4.01. The molecule has 0 amide bonds. The lowest BCUT2D eigenvalue weighted by Gasteiger charge is -2.24. The molecule has 1 N–H and O–H groups in total. The minimum Gasteiger partial charge on any atom is -0.370 e. The van der Waals surface area contributed by atoms with Crippen molar-refractivity contribution in [3.8, 4) is 0 Å². The van der Waals surface area contributed by atoms with Gasteiger partial charge in [-0.25, -0.2) is 0 Å². The minimum atomic E-state index is -4.39. The average Bonchev–Trinajstić information content (AvgIpc) is 2.52. The molecule has 0 saturated heterocycles. The molecule has 1 atom stereocenters. The summed E-state index contributed by atoms with van der Waals surface area (Å²) in [6, 6.07) is 18.8. The van der Waals surface area contributed by atoms with Gasteiger partial charge < -0.3 is 5.32 Å². The zero-order valence-electron chi connectivity index (χ0n) is 11.6. The van der Waals surface area contributed by atoms with Crippen LogP contribution in [-0.2, 0) is 0 Å². The minimum absolute atomic E-state index is 0.231. The Kier molecular flexibility index (Phi) is 3.75. The molecule has 0 aliphatic heterocycles. The number of halogens is 3. The number of nitrogens with one attached hydrogen (secondary N) is 1. The van der Waals surface area contributed by atoms with Gasteiger partial charge in [0.25, 0.3) is 0 Å². The van der Waals surface area contributed by atoms with Crippen LogP contribution < -0.4 is 5.32 Å². The van der Waals surface area contributed by atoms with Gasteiger partial charge in [0.2, 0.25) is 0 Å². The molecule has 22 heavy (non-hydrogen) atoms. The summed E-state index contributed by atoms with van der Waals surface area (Å²) in [6.07, 6.45) is -4.39. The third kappa shape index (κ3) is 2.91. The maximum atomic E-state index is 13.6. The summed E-state index contributed by atoms with van der Waals surface area (Å²) in [4.78, 5) is 0. The van der Waals surface area contributed by atoms with Crippen LogP contribution in [-0.4, -0.2) is 6.18 Å². The van der Waals surface area contributed by atoms with Gasteiger partial charge in [-0.2, -0.15) is 13.2 Å². The van der Waals surface area contributed by atoms with Crippen LogP contribution in [0.15, 0.2) is 72.8 Å². The van der Waals surface area contributed by atoms with Crippen molar-refractivity contribution < 1.29 is 13.2 Å². The fraction of sp³-hybridized carbons (Fsp3) is 0.111. The lowest BCUT2D eigenvalue weighted by atomic mass is 9.98. The molecular weight excluding hydrogens is 287 g/mol. The smallest absolute Gasteiger partial charge is 0.370 e. The maximum Gasteiger partial charge on any atom is 0.412 e. The molecule has 0 saturated carbocycles. The number of fused-ring (bicyclic) bond motifs is 1. The van der Waals surface area contributed by atoms with Crippen molar-refractivity contribution in [1.82, 2.24) is 0 Å². The summed E-state index contributed by atoms with van der Waals surface area (Å²) < 4.78 is 40.7. The fourth-order valence-electron chi connectivity index (χ4n) is 2.54. The van der Waals surface area contributed by atoms with E-state index in [4.69, 9.17) is 0 Å². The topological polar surface area (TPSA) is 12.0 Å². The Hall–Kier alpha value is -2.49. The summed E-state index contributed by atoms with van der Waals surface area (Å²) >= 11 is 0. The van der Waals surface area contributed by atoms with E-state index in [1.54, 1.807) is 48.5 Å². The van der Waals surface area contributed by atoms with Gasteiger partial charge in [0.15, 0.2) is 0 Å². The first kappa shape index (κ1) is 14.4. The Balaban J connectivity index is 2.09. The van der Waals surface area contributed by atoms with Crippen LogP contribution in [0.3, 0.4) is 0 Å². The molecule has 0 aliphatic rings. The van der Waals surface area contributed by atoms with E-state index in [1.165, 1.54) is 6.07 Å². The maximum absolute atomic E-state index is 13.6. The summed E-state index contributed by atoms with van der Waals surface area (Å²) in [6.45, 7) is 0. The molecule has 3 aromatic rings. The number of rotatable bonds is 3. The lowest BCUT2D eigenvalue weighted by Crippen LogP contribution is -2.28. The molecule has 0 aliphatic carbocycles. The number of para-hydroxylation sites is 1. The largest absolute Gasteiger partial charge is 0.412 e. The highest BCUT2D eigenvalue weighted by Gasteiger charge is 2.41. The molecule has 3 rings (SSSR count). The molecule has 0 heterocycles. The number of anilines is 1. The highest BCUT2D eigenvalue weighted by atomic mass is 19.4. The zero-order chi connectivity index (χ0) is 15.6. The normalized spacial score (nSPS) is 13.0. The first-order valence-corrected chi connectivity index (χ1v) is 6.92. The van der Waals surface area contributed by atoms with Crippen molar-refractivity contribution in [2.45, 2.75) is 12.2 Å². The van der Waals surface area contributed by atoms with Crippen LogP contribution in [0.2, 0.25) is 0 Å². The van der Waals surface area contributed by atoms with E-state index >= 15 is 0 Å². The molecule has 1 nitrogen and oxygen atoms in total. The van der Waals surface area contributed by atoms with Crippen LogP contribution >= 0.6 is 0 Å². The van der Waals surface area contributed by atoms with E-state index in [0.29, 0.717) is 11.1 Å². The Morgan fingerprint density at radius 3 is 2.09 bits per heavy atom. The molecule has 3 aromatic carbocycles. The third-order valence-electron chi connectivity index (χ3n) is 3.55. The van der Waals surface area contributed by atoms with E-state index < -0.39 is 12.2 Å². The highest BCUT2D eigenvalue weighted by molar-refractivity contribution is 5.86. The molecule has 0 spiro atoms. The molecular formula is C18H14F3N. The molecule has 0 radical (unpaired) electrons. The van der Waals surface area contributed by atoms with Crippen LogP contribution in [0.25, 0.3) is 10.8 Å². The number of hydrogen-bond donors (Lipinski definition) is 1. The Labute approximate surface area is 126 Å². The van der Waals surface area contributed by atoms with Crippen molar-refractivity contribution in [3.63, 3.8) is 0 Å². The fourth-order valence-corrected chi connectivity index (χ4v) is 2.54. The van der Waals surface area contributed by atoms with Crippen LogP contribution in [0.4, 0.5) is 18.9 Å². The Morgan fingerprint density at radius 2 is 1.36 bits per heavy atom. The number of hydrogen-bond acceptors (Lipinski definition) is 1. The van der Waals surface area contributed by atoms with Gasteiger partial charge >= 0.3 is 6.18 Å². The number of benzene rings is 3. The molecule has 1 unspecified atom stereocenters. The standard InChI is InChI=1S/C18H14F3N/c19-18(20,21)17(22-14-9-2-1-3-10-14)16-12-6-8-13-7-4-5-11-15(13)16/h1-12,17,22H. The molecule has 4 heteroatoms. The second kappa shape index (κ2) is 5.72. The second-order valence-corrected chi connectivity index (χ2v) is 5.05. The van der Waals surface area contributed by atoms with E-state index in [1.807, 2.05) is 18.2 Å². The van der Waals surface area contributed by atoms with Crippen molar-refractivity contribution in [3.05, 3.63) is 78.4 Å². The van der Waals surface area contributed by atoms with Gasteiger partial charge in [-0.3, -0.25) is 0 Å². The molecule has 0 fully saturated rings. The predicted octanol–water partition coefficient (Wildman–Crippen LogP) is 5.56. The first-order chi connectivity index (χ1) is 10.6. The molecule has 112 valence electrons. The molecule has 0 bridgehead atoms. The molecule has 0 aromatic heterocycles. The Morgan fingerprint density at radius 1 is 0.727 bits per heavy atom. The third-order valence-corrected chi connectivity index (χ3v) is 3.55. The van der Waals surface area contributed by atoms with Crippen LogP contribution in [0, 0.1) is 0 Å². The summed E-state index contributed by atoms with van der Waals surface area (Å²) in [5.74, 6) is 0. The van der Waals surface area contributed by atoms with Crippen molar-refractivity contribution >= 4 is 16.5 Å². The van der Waals surface area contributed by atoms with Crippen molar-refractivity contribution in [1.29, 1.82) is 0 Å². The van der Waals surface area contributed by atoms with E-state index in [2.05, 4.69) is 5.32 Å². The van der Waals surface area contributed by atoms with Crippen molar-refractivity contribution in [2.24, 2.45) is 0 Å². The second-order valence-electron chi connectivity index (χ2n) is 5.05. The summed E-state index contributed by atoms with van der Waals surface area (Å²) in [7, 11) is 0.